The number of hydrogen-bond donors (Lipinski definition) is 1. The Hall–Kier alpha value is -0.600. The number of nitrogens with two attached hydrogens (primary N) is 1. The monoisotopic (exact) mass is 201 g/mol. The first kappa shape index (κ1) is 10.5. The minimum Gasteiger partial charge on any atom is -0.328 e. The number of hydrogen-bond acceptors (Lipinski definition) is 1. The van der Waals surface area contributed by atoms with Gasteiger partial charge in [-0.2, -0.15) is 0 Å². The van der Waals surface area contributed by atoms with Gasteiger partial charge in [0.25, 0.3) is 0 Å². The van der Waals surface area contributed by atoms with Crippen LogP contribution in [-0.4, -0.2) is 6.04 Å². The Morgan fingerprint density at radius 2 is 2.00 bits per heavy atom. The first-order chi connectivity index (χ1) is 5.75. The second-order valence-corrected chi connectivity index (χ2v) is 3.48. The SMILES string of the molecule is Cl.NC1CC(c2cccc(F)c2)C1. The van der Waals surface area contributed by atoms with E-state index in [0.29, 0.717) is 12.0 Å². The molecule has 1 aliphatic carbocycles. The molecule has 2 rings (SSSR count). The van der Waals surface area contributed by atoms with Crippen molar-refractivity contribution in [2.45, 2.75) is 24.8 Å². The Kier molecular flexibility index (Phi) is 3.28. The van der Waals surface area contributed by atoms with Crippen LogP contribution in [0.2, 0.25) is 0 Å². The summed E-state index contributed by atoms with van der Waals surface area (Å²) in [6, 6.07) is 7.14. The molecule has 0 spiro atoms. The van der Waals surface area contributed by atoms with Crippen molar-refractivity contribution in [3.63, 3.8) is 0 Å². The average molecular weight is 202 g/mol. The summed E-state index contributed by atoms with van der Waals surface area (Å²) in [6.07, 6.45) is 2.01. The van der Waals surface area contributed by atoms with Crippen LogP contribution in [-0.2, 0) is 0 Å². The normalized spacial score (nSPS) is 26.0. The van der Waals surface area contributed by atoms with Gasteiger partial charge in [-0.25, -0.2) is 4.39 Å². The van der Waals surface area contributed by atoms with Crippen LogP contribution < -0.4 is 5.73 Å². The van der Waals surface area contributed by atoms with Crippen molar-refractivity contribution in [3.8, 4) is 0 Å². The lowest BCUT2D eigenvalue weighted by Gasteiger charge is -2.32. The van der Waals surface area contributed by atoms with Crippen molar-refractivity contribution >= 4 is 12.4 Å². The lowest BCUT2D eigenvalue weighted by atomic mass is 9.76. The summed E-state index contributed by atoms with van der Waals surface area (Å²) >= 11 is 0. The van der Waals surface area contributed by atoms with Crippen molar-refractivity contribution in [2.24, 2.45) is 5.73 Å². The minimum atomic E-state index is -0.145. The summed E-state index contributed by atoms with van der Waals surface area (Å²) in [5.41, 5.74) is 6.74. The quantitative estimate of drug-likeness (QED) is 0.742. The molecule has 0 atom stereocenters. The molecule has 0 heterocycles. The van der Waals surface area contributed by atoms with Gasteiger partial charge in [-0.15, -0.1) is 12.4 Å². The zero-order valence-electron chi connectivity index (χ0n) is 7.24. The van der Waals surface area contributed by atoms with Crippen LogP contribution in [0.4, 0.5) is 4.39 Å². The fraction of sp³-hybridized carbons (Fsp3) is 0.400. The van der Waals surface area contributed by atoms with Gasteiger partial charge in [0.1, 0.15) is 5.82 Å². The van der Waals surface area contributed by atoms with Gasteiger partial charge >= 0.3 is 0 Å². The molecule has 0 unspecified atom stereocenters. The third-order valence-corrected chi connectivity index (χ3v) is 2.49. The van der Waals surface area contributed by atoms with E-state index in [9.17, 15) is 4.39 Å². The zero-order valence-corrected chi connectivity index (χ0v) is 8.06. The second-order valence-electron chi connectivity index (χ2n) is 3.48. The third-order valence-electron chi connectivity index (χ3n) is 2.49. The summed E-state index contributed by atoms with van der Waals surface area (Å²) in [5.74, 6) is 0.351. The van der Waals surface area contributed by atoms with Crippen LogP contribution in [0.25, 0.3) is 0 Å². The highest BCUT2D eigenvalue weighted by atomic mass is 35.5. The lowest BCUT2D eigenvalue weighted by Crippen LogP contribution is -2.34. The van der Waals surface area contributed by atoms with Gasteiger partial charge in [0.2, 0.25) is 0 Å². The average Bonchev–Trinajstić information content (AvgIpc) is 1.99. The predicted molar refractivity (Wildman–Crippen MR) is 53.6 cm³/mol. The van der Waals surface area contributed by atoms with E-state index >= 15 is 0 Å². The molecule has 0 aromatic heterocycles. The predicted octanol–water partition coefficient (Wildman–Crippen LogP) is 2.45. The van der Waals surface area contributed by atoms with E-state index < -0.39 is 0 Å². The summed E-state index contributed by atoms with van der Waals surface area (Å²) < 4.78 is 12.8. The maximum absolute atomic E-state index is 12.8. The minimum absolute atomic E-state index is 0. The van der Waals surface area contributed by atoms with Gasteiger partial charge in [-0.3, -0.25) is 0 Å². The molecule has 3 heteroatoms. The molecule has 1 aliphatic rings. The molecular formula is C10H13ClFN. The van der Waals surface area contributed by atoms with Crippen molar-refractivity contribution in [3.05, 3.63) is 35.6 Å². The van der Waals surface area contributed by atoms with E-state index in [1.165, 1.54) is 6.07 Å². The molecular weight excluding hydrogens is 189 g/mol. The first-order valence-corrected chi connectivity index (χ1v) is 4.27. The van der Waals surface area contributed by atoms with Crippen LogP contribution in [0.5, 0.6) is 0 Å². The highest BCUT2D eigenvalue weighted by Crippen LogP contribution is 2.35. The topological polar surface area (TPSA) is 26.0 Å². The maximum Gasteiger partial charge on any atom is 0.123 e. The first-order valence-electron chi connectivity index (χ1n) is 4.27. The largest absolute Gasteiger partial charge is 0.328 e. The molecule has 1 saturated carbocycles. The Labute approximate surface area is 83.5 Å². The zero-order chi connectivity index (χ0) is 8.55. The van der Waals surface area contributed by atoms with Crippen molar-refractivity contribution in [1.29, 1.82) is 0 Å². The third kappa shape index (κ3) is 2.20. The molecule has 2 N–H and O–H groups in total. The van der Waals surface area contributed by atoms with E-state index in [-0.39, 0.29) is 18.2 Å². The van der Waals surface area contributed by atoms with Gasteiger partial charge in [-0.05, 0) is 36.5 Å². The molecule has 0 radical (unpaired) electrons. The van der Waals surface area contributed by atoms with E-state index in [1.54, 1.807) is 12.1 Å². The second kappa shape index (κ2) is 4.07. The van der Waals surface area contributed by atoms with Gasteiger partial charge in [-0.1, -0.05) is 12.1 Å². The number of rotatable bonds is 1. The molecule has 0 bridgehead atoms. The fourth-order valence-corrected chi connectivity index (χ4v) is 1.69. The molecule has 1 fully saturated rings. The standard InChI is InChI=1S/C10H12FN.ClH/c11-9-3-1-2-7(4-9)8-5-10(12)6-8;/h1-4,8,10H,5-6,12H2;1H. The van der Waals surface area contributed by atoms with Gasteiger partial charge in [0, 0.05) is 6.04 Å². The molecule has 0 aliphatic heterocycles. The summed E-state index contributed by atoms with van der Waals surface area (Å²) in [7, 11) is 0. The van der Waals surface area contributed by atoms with E-state index in [0.717, 1.165) is 18.4 Å². The Morgan fingerprint density at radius 1 is 1.31 bits per heavy atom. The van der Waals surface area contributed by atoms with Gasteiger partial charge in [0.15, 0.2) is 0 Å². The Morgan fingerprint density at radius 3 is 2.54 bits per heavy atom. The van der Waals surface area contributed by atoms with Crippen LogP contribution in [0.15, 0.2) is 24.3 Å². The molecule has 72 valence electrons. The highest BCUT2D eigenvalue weighted by molar-refractivity contribution is 5.85. The summed E-state index contributed by atoms with van der Waals surface area (Å²) in [4.78, 5) is 0. The molecule has 1 nitrogen and oxygen atoms in total. The van der Waals surface area contributed by atoms with Crippen molar-refractivity contribution < 1.29 is 4.39 Å². The Balaban J connectivity index is 0.000000845. The lowest BCUT2D eigenvalue weighted by molar-refractivity contribution is 0.350. The van der Waals surface area contributed by atoms with Crippen LogP contribution in [0.3, 0.4) is 0 Å². The number of benzene rings is 1. The van der Waals surface area contributed by atoms with Crippen LogP contribution in [0, 0.1) is 5.82 Å². The van der Waals surface area contributed by atoms with Crippen LogP contribution in [0.1, 0.15) is 24.3 Å². The summed E-state index contributed by atoms with van der Waals surface area (Å²) in [5, 5.41) is 0. The van der Waals surface area contributed by atoms with Gasteiger partial charge in [0.05, 0.1) is 0 Å². The molecule has 0 amide bonds. The number of halogens is 2. The van der Waals surface area contributed by atoms with Gasteiger partial charge < -0.3 is 5.73 Å². The maximum atomic E-state index is 12.8. The van der Waals surface area contributed by atoms with Crippen molar-refractivity contribution in [1.82, 2.24) is 0 Å². The molecule has 13 heavy (non-hydrogen) atoms. The van der Waals surface area contributed by atoms with E-state index in [1.807, 2.05) is 6.07 Å². The van der Waals surface area contributed by atoms with Crippen LogP contribution >= 0.6 is 12.4 Å². The smallest absolute Gasteiger partial charge is 0.123 e. The summed E-state index contributed by atoms with van der Waals surface area (Å²) in [6.45, 7) is 0. The molecule has 1 aromatic rings. The molecule has 1 aromatic carbocycles. The van der Waals surface area contributed by atoms with E-state index in [4.69, 9.17) is 5.73 Å². The fourth-order valence-electron chi connectivity index (χ4n) is 1.69. The highest BCUT2D eigenvalue weighted by Gasteiger charge is 2.27. The van der Waals surface area contributed by atoms with Crippen molar-refractivity contribution in [2.75, 3.05) is 0 Å². The molecule has 0 saturated heterocycles. The van der Waals surface area contributed by atoms with E-state index in [2.05, 4.69) is 0 Å². The Bertz CT molecular complexity index is 284.